The summed E-state index contributed by atoms with van der Waals surface area (Å²) in [6, 6.07) is 9.82. The van der Waals surface area contributed by atoms with Gasteiger partial charge >= 0.3 is 23.9 Å². The summed E-state index contributed by atoms with van der Waals surface area (Å²) in [6.45, 7) is 30.8. The number of esters is 4. The van der Waals surface area contributed by atoms with Gasteiger partial charge in [0.1, 0.15) is 24.2 Å². The van der Waals surface area contributed by atoms with Crippen LogP contribution < -0.4 is 0 Å². The minimum atomic E-state index is -1.55. The van der Waals surface area contributed by atoms with Crippen molar-refractivity contribution < 1.29 is 57.3 Å². The fourth-order valence-corrected chi connectivity index (χ4v) is 11.7. The minimum Gasteiger partial charge on any atom is -0.451 e. The largest absolute Gasteiger partial charge is 0.451 e. The number of benzene rings is 2. The maximum Gasteiger partial charge on any atom is 0.329 e. The Hall–Kier alpha value is -7.38. The summed E-state index contributed by atoms with van der Waals surface area (Å²) in [5.41, 5.74) is 9.40. The van der Waals surface area contributed by atoms with Gasteiger partial charge in [-0.1, -0.05) is 118 Å². The Morgan fingerprint density at radius 3 is 1.07 bits per heavy atom. The van der Waals surface area contributed by atoms with E-state index >= 15 is 9.59 Å². The third-order valence-electron chi connectivity index (χ3n) is 16.8. The molecule has 0 spiro atoms. The van der Waals surface area contributed by atoms with Crippen molar-refractivity contribution in [1.29, 1.82) is 0 Å². The number of aromatic nitrogens is 4. The number of likely N-dealkylation sites (N-methyl/N-ethyl adjacent to an activating group) is 4. The van der Waals surface area contributed by atoms with Crippen LogP contribution in [-0.2, 0) is 96.1 Å². The lowest BCUT2D eigenvalue weighted by atomic mass is 9.99. The van der Waals surface area contributed by atoms with Crippen LogP contribution in [0, 0.1) is 51.4 Å². The van der Waals surface area contributed by atoms with Crippen molar-refractivity contribution in [1.82, 2.24) is 39.2 Å². The first kappa shape index (κ1) is 71.4. The highest BCUT2D eigenvalue weighted by molar-refractivity contribution is 5.94. The smallest absolute Gasteiger partial charge is 0.329 e. The molecule has 0 saturated carbocycles. The van der Waals surface area contributed by atoms with Crippen molar-refractivity contribution in [3.63, 3.8) is 0 Å². The zero-order valence-electron chi connectivity index (χ0n) is 56.1. The summed E-state index contributed by atoms with van der Waals surface area (Å²) < 4.78 is 28.4. The van der Waals surface area contributed by atoms with Gasteiger partial charge in [0.05, 0.1) is 24.5 Å². The fourth-order valence-electron chi connectivity index (χ4n) is 11.7. The van der Waals surface area contributed by atoms with E-state index in [1.165, 1.54) is 57.4 Å². The number of hydrogen-bond donors (Lipinski definition) is 0. The molecule has 2 aromatic carbocycles. The lowest BCUT2D eigenvalue weighted by Gasteiger charge is -2.35. The molecule has 2 aromatic heterocycles. The maximum atomic E-state index is 15.2. The van der Waals surface area contributed by atoms with E-state index in [9.17, 15) is 28.8 Å². The molecule has 20 nitrogen and oxygen atoms in total. The van der Waals surface area contributed by atoms with Gasteiger partial charge in [0.25, 0.3) is 23.6 Å². The second-order valence-corrected chi connectivity index (χ2v) is 25.8. The number of ether oxygens (including phenoxy) is 4. The Balaban J connectivity index is 1.61. The molecule has 0 bridgehead atoms. The van der Waals surface area contributed by atoms with Crippen molar-refractivity contribution in [2.45, 2.75) is 224 Å². The molecule has 20 heteroatoms. The van der Waals surface area contributed by atoms with Gasteiger partial charge in [0, 0.05) is 52.4 Å². The van der Waals surface area contributed by atoms with Crippen LogP contribution in [0.15, 0.2) is 48.5 Å². The van der Waals surface area contributed by atoms with Gasteiger partial charge in [0.2, 0.25) is 0 Å². The van der Waals surface area contributed by atoms with E-state index in [2.05, 4.69) is 13.8 Å². The average molecular weight is 1220 g/mol. The number of nitrogens with zero attached hydrogens (tertiary/aromatic N) is 8. The van der Waals surface area contributed by atoms with Gasteiger partial charge in [-0.3, -0.25) is 28.5 Å². The normalized spacial score (nSPS) is 22.3. The first-order valence-electron chi connectivity index (χ1n) is 31.4. The molecule has 5 rings (SSSR count). The van der Waals surface area contributed by atoms with E-state index in [1.807, 2.05) is 141 Å². The Morgan fingerprint density at radius 2 is 0.727 bits per heavy atom. The summed E-state index contributed by atoms with van der Waals surface area (Å²) in [4.78, 5) is 123. The number of cyclic esters (lactones) is 4. The summed E-state index contributed by atoms with van der Waals surface area (Å²) >= 11 is 0. The lowest BCUT2D eigenvalue weighted by molar-refractivity contribution is -0.176. The van der Waals surface area contributed by atoms with Crippen molar-refractivity contribution in [3.05, 3.63) is 105 Å². The van der Waals surface area contributed by atoms with Gasteiger partial charge in [-0.25, -0.2) is 19.2 Å². The fraction of sp³-hybridized carbons (Fsp3) is 0.618. The second kappa shape index (κ2) is 31.7. The third-order valence-corrected chi connectivity index (χ3v) is 16.8. The zero-order valence-corrected chi connectivity index (χ0v) is 56.1. The van der Waals surface area contributed by atoms with Crippen LogP contribution in [0.1, 0.15) is 165 Å². The Kier molecular flexibility index (Phi) is 25.7. The van der Waals surface area contributed by atoms with E-state index in [-0.39, 0.29) is 62.2 Å². The molecule has 0 aliphatic carbocycles. The molecule has 1 aliphatic heterocycles. The second-order valence-electron chi connectivity index (χ2n) is 25.8. The number of carbonyl (C=O) groups is 8. The van der Waals surface area contributed by atoms with Gasteiger partial charge in [-0.15, -0.1) is 0 Å². The summed E-state index contributed by atoms with van der Waals surface area (Å²) in [5, 5.41) is 9.52. The van der Waals surface area contributed by atoms with E-state index < -0.39 is 96.1 Å². The van der Waals surface area contributed by atoms with Gasteiger partial charge in [-0.2, -0.15) is 10.2 Å². The predicted octanol–water partition coefficient (Wildman–Crippen LogP) is 8.51. The molecule has 1 aliphatic rings. The van der Waals surface area contributed by atoms with E-state index in [4.69, 9.17) is 29.1 Å². The zero-order chi connectivity index (χ0) is 65.8. The van der Waals surface area contributed by atoms with Crippen LogP contribution in [0.4, 0.5) is 0 Å². The van der Waals surface area contributed by atoms with Crippen molar-refractivity contribution >= 4 is 47.5 Å². The molecular weight excluding hydrogens is 1120 g/mol. The topological polar surface area (TPSA) is 222 Å². The molecule has 0 unspecified atom stereocenters. The molecule has 4 aromatic rings. The third kappa shape index (κ3) is 18.4. The van der Waals surface area contributed by atoms with Crippen molar-refractivity contribution in [3.8, 4) is 0 Å². The molecule has 1 fully saturated rings. The number of amides is 4. The molecule has 0 N–H and O–H groups in total. The SMILES string of the molecule is CCc1c(C)nn(Cc2ccc(C[C@H]3OC(=O)[C@H](CC(C)C)N(C)C(=O)[C@@H](C)OC(=O)[C@H](CC(C)C)N(C)C(=O)[C@@H](Cc4cccc(Cn5nc(C)c(CC)c5C)c4)OC(=O)[C@H](CC(C)C)N(C)C(=O)[C@@H](C)OC(=O)[C@H](CC(C)C)N(C)C3=O)cc2)c1C. The summed E-state index contributed by atoms with van der Waals surface area (Å²) in [5.74, 6) is -7.42. The summed E-state index contributed by atoms with van der Waals surface area (Å²) in [7, 11) is 5.62. The molecule has 3 heterocycles. The highest BCUT2D eigenvalue weighted by atomic mass is 16.6. The molecule has 4 amide bonds. The van der Waals surface area contributed by atoms with Crippen molar-refractivity contribution in [2.24, 2.45) is 23.7 Å². The number of rotatable bonds is 18. The number of hydrogen-bond acceptors (Lipinski definition) is 14. The Morgan fingerprint density at radius 1 is 0.420 bits per heavy atom. The highest BCUT2D eigenvalue weighted by Gasteiger charge is 2.43. The highest BCUT2D eigenvalue weighted by Crippen LogP contribution is 2.26. The van der Waals surface area contributed by atoms with E-state index in [0.717, 1.165) is 62.1 Å². The molecular formula is C68H100N8O12. The van der Waals surface area contributed by atoms with Gasteiger partial charge in [-0.05, 0) is 137 Å². The van der Waals surface area contributed by atoms with E-state index in [1.54, 1.807) is 0 Å². The van der Waals surface area contributed by atoms with Crippen LogP contribution in [0.25, 0.3) is 0 Å². The number of aryl methyl sites for hydroxylation is 2. The first-order chi connectivity index (χ1) is 41.3. The predicted molar refractivity (Wildman–Crippen MR) is 336 cm³/mol. The standard InChI is InChI=1S/C68H100N8O12/c1-21-53-43(11)69-75(45(53)13)37-50-28-26-49(27-29-50)35-59-63(79)73(19)55(30-39(3)4)65(81)85-48(16)62(78)72(18)58(33-42(9)10)68(84)88-60(36-51-24-23-25-52(34-51)38-76-46(14)54(22-2)44(12)70-76)64(80)74(20)56(31-40(5)6)66(82)86-47(15)61(77)71(17)57(32-41(7)8)67(83)87-59/h23-29,34,39-42,47-48,55-60H,21-22,30-33,35-38H2,1-20H3/t47-,48-,55+,56+,57+,58+,59-,60-/m1/s1. The molecule has 8 atom stereocenters. The molecule has 0 radical (unpaired) electrons. The molecule has 1 saturated heterocycles. The van der Waals surface area contributed by atoms with Crippen LogP contribution in [0.5, 0.6) is 0 Å². The number of carbonyl (C=O) groups excluding carboxylic acids is 8. The minimum absolute atomic E-state index is 0.0800. The average Bonchev–Trinajstić information content (AvgIpc) is 1.60. The Bertz CT molecular complexity index is 3070. The van der Waals surface area contributed by atoms with Crippen LogP contribution >= 0.6 is 0 Å². The maximum absolute atomic E-state index is 15.2. The van der Waals surface area contributed by atoms with Gasteiger partial charge in [0.15, 0.2) is 24.4 Å². The lowest BCUT2D eigenvalue weighted by Crippen LogP contribution is -2.55. The molecule has 484 valence electrons. The summed E-state index contributed by atoms with van der Waals surface area (Å²) in [6.07, 6.45) is -4.35. The van der Waals surface area contributed by atoms with E-state index in [0.29, 0.717) is 24.2 Å². The quantitative estimate of drug-likeness (QED) is 0.0673. The Labute approximate surface area is 522 Å². The first-order valence-corrected chi connectivity index (χ1v) is 31.4. The van der Waals surface area contributed by atoms with Crippen LogP contribution in [0.3, 0.4) is 0 Å². The van der Waals surface area contributed by atoms with Crippen molar-refractivity contribution in [2.75, 3.05) is 28.2 Å². The van der Waals surface area contributed by atoms with Crippen LogP contribution in [0.2, 0.25) is 0 Å². The monoisotopic (exact) mass is 1220 g/mol. The van der Waals surface area contributed by atoms with Crippen LogP contribution in [-0.4, -0.2) is 163 Å². The van der Waals surface area contributed by atoms with Gasteiger partial charge < -0.3 is 38.5 Å². The molecule has 88 heavy (non-hydrogen) atoms.